The largest absolute Gasteiger partial charge is 0.508 e. The molecule has 1 heterocycles. The minimum atomic E-state index is -5.08. The summed E-state index contributed by atoms with van der Waals surface area (Å²) in [6.45, 7) is 2.94. The number of carbonyl (C=O) groups is 2. The van der Waals surface area contributed by atoms with Crippen molar-refractivity contribution in [1.82, 2.24) is 4.90 Å². The number of carboxylic acids is 1. The van der Waals surface area contributed by atoms with Crippen LogP contribution in [0.2, 0.25) is 10.0 Å². The zero-order valence-electron chi connectivity index (χ0n) is 15.4. The van der Waals surface area contributed by atoms with Gasteiger partial charge in [0.15, 0.2) is 0 Å². The van der Waals surface area contributed by atoms with Gasteiger partial charge in [0.05, 0.1) is 16.1 Å². The van der Waals surface area contributed by atoms with Gasteiger partial charge in [0.25, 0.3) is 0 Å². The van der Waals surface area contributed by atoms with E-state index in [2.05, 4.69) is 0 Å². The predicted molar refractivity (Wildman–Crippen MR) is 102 cm³/mol. The second-order valence-electron chi connectivity index (χ2n) is 6.61. The molecule has 0 aromatic heterocycles. The number of nitrogens with zero attached hydrogens (tertiary/aromatic N) is 1. The molecule has 1 aromatic carbocycles. The van der Waals surface area contributed by atoms with Gasteiger partial charge in [-0.25, -0.2) is 4.79 Å². The number of hydrogen-bond acceptors (Lipinski definition) is 5. The topological polar surface area (TPSA) is 130 Å². The van der Waals surface area contributed by atoms with Crippen LogP contribution in [-0.2, 0) is 9.59 Å². The molecule has 1 aromatic rings. The van der Waals surface area contributed by atoms with E-state index in [1.807, 2.05) is 0 Å². The summed E-state index contributed by atoms with van der Waals surface area (Å²) in [5.41, 5.74) is 12.5. The molecule has 1 fully saturated rings. The SMILES string of the molecule is C[C@@H](N)C(=O)N1CCC(C(N)c2cc(Cl)c(Cl)cc2O)CC1.O=C(O)C(F)(F)F. The first-order chi connectivity index (χ1) is 13.3. The molecule has 164 valence electrons. The van der Waals surface area contributed by atoms with E-state index >= 15 is 0 Å². The van der Waals surface area contributed by atoms with Crippen LogP contribution in [0, 0.1) is 5.92 Å². The van der Waals surface area contributed by atoms with Gasteiger partial charge in [-0.2, -0.15) is 13.2 Å². The van der Waals surface area contributed by atoms with Gasteiger partial charge in [-0.05, 0) is 31.7 Å². The molecule has 0 aliphatic carbocycles. The standard InChI is InChI=1S/C15H21Cl2N3O2.C2HF3O2/c1-8(18)15(22)20-4-2-9(3-5-20)14(19)10-6-11(16)12(17)7-13(10)21;3-2(4,5)1(6)7/h6-9,14,21H,2-5,18-19H2,1H3;(H,6,7)/t8-,14?;/m1./s1. The van der Waals surface area contributed by atoms with Crippen molar-refractivity contribution in [2.45, 2.75) is 38.0 Å². The normalized spacial score (nSPS) is 17.2. The molecule has 1 amide bonds. The number of carbonyl (C=O) groups excluding carboxylic acids is 1. The van der Waals surface area contributed by atoms with Crippen LogP contribution in [0.25, 0.3) is 0 Å². The Hall–Kier alpha value is -1.75. The minimum Gasteiger partial charge on any atom is -0.508 e. The number of aromatic hydroxyl groups is 1. The average molecular weight is 460 g/mol. The molecule has 2 rings (SSSR count). The summed E-state index contributed by atoms with van der Waals surface area (Å²) in [6.07, 6.45) is -3.56. The Morgan fingerprint density at radius 2 is 1.62 bits per heavy atom. The van der Waals surface area contributed by atoms with Crippen molar-refractivity contribution < 1.29 is 33.0 Å². The number of piperidine rings is 1. The molecule has 0 spiro atoms. The first-order valence-electron chi connectivity index (χ1n) is 8.53. The number of phenolic OH excluding ortho intramolecular Hbond substituents is 1. The fourth-order valence-electron chi connectivity index (χ4n) is 2.84. The lowest BCUT2D eigenvalue weighted by atomic mass is 9.85. The second kappa shape index (κ2) is 10.3. The van der Waals surface area contributed by atoms with Crippen molar-refractivity contribution in [1.29, 1.82) is 0 Å². The Morgan fingerprint density at radius 3 is 2.03 bits per heavy atom. The highest BCUT2D eigenvalue weighted by Crippen LogP contribution is 2.37. The van der Waals surface area contributed by atoms with Crippen molar-refractivity contribution in [3.8, 4) is 5.75 Å². The molecule has 6 N–H and O–H groups in total. The van der Waals surface area contributed by atoms with Gasteiger partial charge in [-0.3, -0.25) is 4.79 Å². The zero-order chi connectivity index (χ0) is 22.5. The van der Waals surface area contributed by atoms with Gasteiger partial charge in [0, 0.05) is 30.8 Å². The summed E-state index contributed by atoms with van der Waals surface area (Å²) in [5, 5.41) is 17.8. The molecule has 0 bridgehead atoms. The number of halogens is 5. The van der Waals surface area contributed by atoms with E-state index < -0.39 is 18.2 Å². The van der Waals surface area contributed by atoms with E-state index in [0.29, 0.717) is 28.7 Å². The fraction of sp³-hybridized carbons (Fsp3) is 0.529. The Labute approximate surface area is 175 Å². The molecular weight excluding hydrogens is 438 g/mol. The van der Waals surface area contributed by atoms with Crippen LogP contribution < -0.4 is 11.5 Å². The highest BCUT2D eigenvalue weighted by atomic mass is 35.5. The van der Waals surface area contributed by atoms with Crippen LogP contribution in [-0.4, -0.2) is 52.3 Å². The highest BCUT2D eigenvalue weighted by Gasteiger charge is 2.38. The third kappa shape index (κ3) is 7.22. The average Bonchev–Trinajstić information content (AvgIpc) is 2.63. The molecule has 0 saturated carbocycles. The first kappa shape index (κ1) is 25.3. The third-order valence-corrected chi connectivity index (χ3v) is 5.14. The minimum absolute atomic E-state index is 0.0376. The first-order valence-corrected chi connectivity index (χ1v) is 9.29. The van der Waals surface area contributed by atoms with Crippen molar-refractivity contribution in [3.63, 3.8) is 0 Å². The number of nitrogens with two attached hydrogens (primary N) is 2. The monoisotopic (exact) mass is 459 g/mol. The van der Waals surface area contributed by atoms with E-state index in [0.717, 1.165) is 12.8 Å². The van der Waals surface area contributed by atoms with Crippen LogP contribution >= 0.6 is 23.2 Å². The van der Waals surface area contributed by atoms with E-state index in [9.17, 15) is 23.1 Å². The maximum atomic E-state index is 11.9. The van der Waals surface area contributed by atoms with Gasteiger partial charge in [-0.15, -0.1) is 0 Å². The molecule has 1 unspecified atom stereocenters. The lowest BCUT2D eigenvalue weighted by Crippen LogP contribution is -2.47. The number of hydrogen-bond donors (Lipinski definition) is 4. The number of aliphatic carboxylic acids is 1. The highest BCUT2D eigenvalue weighted by molar-refractivity contribution is 6.42. The quantitative estimate of drug-likeness (QED) is 0.549. The van der Waals surface area contributed by atoms with Crippen molar-refractivity contribution >= 4 is 35.1 Å². The van der Waals surface area contributed by atoms with Crippen molar-refractivity contribution in [3.05, 3.63) is 27.7 Å². The molecule has 7 nitrogen and oxygen atoms in total. The van der Waals surface area contributed by atoms with Crippen molar-refractivity contribution in [2.24, 2.45) is 17.4 Å². The second-order valence-corrected chi connectivity index (χ2v) is 7.42. The summed E-state index contributed by atoms with van der Waals surface area (Å²) in [6, 6.07) is 2.20. The van der Waals surface area contributed by atoms with E-state index in [-0.39, 0.29) is 23.6 Å². The third-order valence-electron chi connectivity index (χ3n) is 4.42. The maximum Gasteiger partial charge on any atom is 0.490 e. The molecule has 1 aliphatic heterocycles. The molecular formula is C17H22Cl2F3N3O4. The summed E-state index contributed by atoms with van der Waals surface area (Å²) in [4.78, 5) is 22.5. The maximum absolute atomic E-state index is 11.9. The summed E-state index contributed by atoms with van der Waals surface area (Å²) in [7, 11) is 0. The van der Waals surface area contributed by atoms with Gasteiger partial charge >= 0.3 is 12.1 Å². The number of benzene rings is 1. The zero-order valence-corrected chi connectivity index (χ0v) is 16.9. The Bertz CT molecular complexity index is 739. The molecule has 1 aliphatic rings. The summed E-state index contributed by atoms with van der Waals surface area (Å²) < 4.78 is 31.7. The number of likely N-dealkylation sites (tertiary alicyclic amines) is 1. The Balaban J connectivity index is 0.000000516. The number of phenols is 1. The van der Waals surface area contributed by atoms with Gasteiger partial charge in [-0.1, -0.05) is 23.2 Å². The van der Waals surface area contributed by atoms with Crippen LogP contribution in [0.1, 0.15) is 31.4 Å². The van der Waals surface area contributed by atoms with Crippen molar-refractivity contribution in [2.75, 3.05) is 13.1 Å². The van der Waals surface area contributed by atoms with E-state index in [4.69, 9.17) is 44.6 Å². The lowest BCUT2D eigenvalue weighted by Gasteiger charge is -2.35. The summed E-state index contributed by atoms with van der Waals surface area (Å²) >= 11 is 11.9. The molecule has 12 heteroatoms. The van der Waals surface area contributed by atoms with Crippen LogP contribution in [0.5, 0.6) is 5.75 Å². The lowest BCUT2D eigenvalue weighted by molar-refractivity contribution is -0.192. The molecule has 0 radical (unpaired) electrons. The van der Waals surface area contributed by atoms with Crippen LogP contribution in [0.4, 0.5) is 13.2 Å². The van der Waals surface area contributed by atoms with Crippen LogP contribution in [0.3, 0.4) is 0 Å². The number of alkyl halides is 3. The van der Waals surface area contributed by atoms with Gasteiger partial charge < -0.3 is 26.6 Å². The number of amides is 1. The molecule has 1 saturated heterocycles. The van der Waals surface area contributed by atoms with Gasteiger partial charge in [0.2, 0.25) is 5.91 Å². The Morgan fingerprint density at radius 1 is 1.17 bits per heavy atom. The Kier molecular flexibility index (Phi) is 9.01. The smallest absolute Gasteiger partial charge is 0.490 e. The summed E-state index contributed by atoms with van der Waals surface area (Å²) in [5.74, 6) is -2.58. The fourth-order valence-corrected chi connectivity index (χ4v) is 3.17. The van der Waals surface area contributed by atoms with E-state index in [1.165, 1.54) is 6.07 Å². The van der Waals surface area contributed by atoms with Crippen LogP contribution in [0.15, 0.2) is 12.1 Å². The number of rotatable bonds is 3. The van der Waals surface area contributed by atoms with E-state index in [1.54, 1.807) is 17.9 Å². The number of carboxylic acid groups (broad SMARTS) is 1. The molecule has 29 heavy (non-hydrogen) atoms. The predicted octanol–water partition coefficient (Wildman–Crippen LogP) is 2.92. The molecule has 2 atom stereocenters. The van der Waals surface area contributed by atoms with Gasteiger partial charge in [0.1, 0.15) is 5.75 Å².